The summed E-state index contributed by atoms with van der Waals surface area (Å²) in [4.78, 5) is 12.4. The maximum atomic E-state index is 12.4. The summed E-state index contributed by atoms with van der Waals surface area (Å²) in [5, 5.41) is 9.99. The number of hydrogen-bond donors (Lipinski definition) is 1. The molecule has 0 heterocycles. The monoisotopic (exact) mass is 276 g/mol. The fourth-order valence-electron chi connectivity index (χ4n) is 2.75. The highest BCUT2D eigenvalue weighted by atomic mass is 16.5. The Balaban J connectivity index is 1.84. The average Bonchev–Trinajstić information content (AvgIpc) is 2.47. The number of carbonyl (C=O) groups is 1. The summed E-state index contributed by atoms with van der Waals surface area (Å²) in [6.45, 7) is 3.14. The second-order valence-electron chi connectivity index (χ2n) is 5.57. The first-order chi connectivity index (χ1) is 9.72. The number of aliphatic hydroxyl groups excluding tert-OH is 1. The number of rotatable bonds is 7. The van der Waals surface area contributed by atoms with Crippen LogP contribution in [-0.4, -0.2) is 30.2 Å². The first kappa shape index (κ1) is 15.2. The standard InChI is InChI=1S/C17H24O3/c1-2-3-10-20-12-15(18)11-14-9-8-13-6-4-5-7-16(13)17(14)19/h4-7,14-15,18H,2-3,8-12H2,1H3. The van der Waals surface area contributed by atoms with E-state index in [1.807, 2.05) is 24.3 Å². The number of hydrogen-bond acceptors (Lipinski definition) is 3. The number of Topliss-reactive ketones (excluding diaryl/α,β-unsaturated/α-hetero) is 1. The van der Waals surface area contributed by atoms with Gasteiger partial charge in [0.2, 0.25) is 0 Å². The van der Waals surface area contributed by atoms with Crippen molar-refractivity contribution in [3.8, 4) is 0 Å². The zero-order valence-corrected chi connectivity index (χ0v) is 12.2. The van der Waals surface area contributed by atoms with E-state index in [4.69, 9.17) is 4.74 Å². The van der Waals surface area contributed by atoms with Gasteiger partial charge in [-0.15, -0.1) is 0 Å². The number of carbonyl (C=O) groups excluding carboxylic acids is 1. The Bertz CT molecular complexity index is 442. The Kier molecular flexibility index (Phi) is 5.74. The smallest absolute Gasteiger partial charge is 0.166 e. The molecule has 0 bridgehead atoms. The number of ether oxygens (including phenoxy) is 1. The molecule has 0 amide bonds. The number of aryl methyl sites for hydroxylation is 1. The molecular formula is C17H24O3. The topological polar surface area (TPSA) is 46.5 Å². The molecular weight excluding hydrogens is 252 g/mol. The number of unbranched alkanes of at least 4 members (excludes halogenated alkanes) is 1. The van der Waals surface area contributed by atoms with Crippen LogP contribution in [-0.2, 0) is 11.2 Å². The molecule has 0 spiro atoms. The fraction of sp³-hybridized carbons (Fsp3) is 0.588. The molecule has 3 nitrogen and oxygen atoms in total. The molecule has 0 saturated carbocycles. The largest absolute Gasteiger partial charge is 0.391 e. The van der Waals surface area contributed by atoms with Gasteiger partial charge in [-0.25, -0.2) is 0 Å². The molecule has 2 atom stereocenters. The van der Waals surface area contributed by atoms with Crippen molar-refractivity contribution in [3.63, 3.8) is 0 Å². The van der Waals surface area contributed by atoms with Crippen molar-refractivity contribution in [2.45, 2.75) is 45.1 Å². The summed E-state index contributed by atoms with van der Waals surface area (Å²) in [5.74, 6) is 0.120. The number of benzene rings is 1. The van der Waals surface area contributed by atoms with E-state index < -0.39 is 6.10 Å². The van der Waals surface area contributed by atoms with Crippen LogP contribution in [0, 0.1) is 5.92 Å². The van der Waals surface area contributed by atoms with Gasteiger partial charge in [-0.05, 0) is 31.2 Å². The number of ketones is 1. The molecule has 1 aromatic rings. The average molecular weight is 276 g/mol. The molecule has 0 fully saturated rings. The third-order valence-electron chi connectivity index (χ3n) is 3.92. The quantitative estimate of drug-likeness (QED) is 0.779. The van der Waals surface area contributed by atoms with E-state index in [2.05, 4.69) is 6.92 Å². The van der Waals surface area contributed by atoms with Gasteiger partial charge < -0.3 is 9.84 Å². The summed E-state index contributed by atoms with van der Waals surface area (Å²) in [6, 6.07) is 7.80. The van der Waals surface area contributed by atoms with E-state index in [-0.39, 0.29) is 11.7 Å². The molecule has 0 radical (unpaired) electrons. The summed E-state index contributed by atoms with van der Waals surface area (Å²) in [5.41, 5.74) is 1.98. The van der Waals surface area contributed by atoms with Crippen LogP contribution in [0.5, 0.6) is 0 Å². The number of fused-ring (bicyclic) bond motifs is 1. The molecule has 1 N–H and O–H groups in total. The van der Waals surface area contributed by atoms with Crippen LogP contribution in [0.3, 0.4) is 0 Å². The molecule has 0 aromatic heterocycles. The Morgan fingerprint density at radius 1 is 1.40 bits per heavy atom. The lowest BCUT2D eigenvalue weighted by molar-refractivity contribution is 0.0220. The first-order valence-electron chi connectivity index (χ1n) is 7.60. The molecule has 1 aliphatic rings. The van der Waals surface area contributed by atoms with Crippen LogP contribution < -0.4 is 0 Å². The molecule has 0 saturated heterocycles. The molecule has 2 unspecified atom stereocenters. The Morgan fingerprint density at radius 3 is 3.00 bits per heavy atom. The Hall–Kier alpha value is -1.19. The molecule has 0 aliphatic heterocycles. The van der Waals surface area contributed by atoms with E-state index in [1.165, 1.54) is 0 Å². The maximum Gasteiger partial charge on any atom is 0.166 e. The summed E-state index contributed by atoms with van der Waals surface area (Å²) in [7, 11) is 0. The zero-order chi connectivity index (χ0) is 14.4. The second-order valence-corrected chi connectivity index (χ2v) is 5.57. The van der Waals surface area contributed by atoms with Crippen molar-refractivity contribution >= 4 is 5.78 Å². The van der Waals surface area contributed by atoms with Crippen molar-refractivity contribution in [2.75, 3.05) is 13.2 Å². The normalized spacial score (nSPS) is 19.7. The van der Waals surface area contributed by atoms with E-state index in [0.29, 0.717) is 19.6 Å². The second kappa shape index (κ2) is 7.55. The minimum Gasteiger partial charge on any atom is -0.391 e. The Labute approximate surface area is 121 Å². The van der Waals surface area contributed by atoms with Crippen LogP contribution in [0.4, 0.5) is 0 Å². The summed E-state index contributed by atoms with van der Waals surface area (Å²) in [6.07, 6.45) is 3.85. The van der Waals surface area contributed by atoms with Crippen molar-refractivity contribution in [1.29, 1.82) is 0 Å². The van der Waals surface area contributed by atoms with Gasteiger partial charge in [0.05, 0.1) is 12.7 Å². The lowest BCUT2D eigenvalue weighted by atomic mass is 9.80. The maximum absolute atomic E-state index is 12.4. The third kappa shape index (κ3) is 3.90. The molecule has 1 aromatic carbocycles. The van der Waals surface area contributed by atoms with Crippen LogP contribution in [0.2, 0.25) is 0 Å². The molecule has 2 rings (SSSR count). The van der Waals surface area contributed by atoms with Crippen molar-refractivity contribution < 1.29 is 14.6 Å². The van der Waals surface area contributed by atoms with Gasteiger partial charge >= 0.3 is 0 Å². The highest BCUT2D eigenvalue weighted by Crippen LogP contribution is 2.28. The Morgan fingerprint density at radius 2 is 2.20 bits per heavy atom. The van der Waals surface area contributed by atoms with Gasteiger partial charge in [-0.3, -0.25) is 4.79 Å². The van der Waals surface area contributed by atoms with E-state index in [0.717, 1.165) is 36.8 Å². The predicted octanol–water partition coefficient (Wildman–Crippen LogP) is 3.00. The summed E-state index contributed by atoms with van der Waals surface area (Å²) >= 11 is 0. The predicted molar refractivity (Wildman–Crippen MR) is 78.9 cm³/mol. The highest BCUT2D eigenvalue weighted by molar-refractivity contribution is 6.00. The van der Waals surface area contributed by atoms with Gasteiger partial charge in [-0.1, -0.05) is 37.6 Å². The minimum atomic E-state index is -0.536. The molecule has 20 heavy (non-hydrogen) atoms. The molecule has 110 valence electrons. The minimum absolute atomic E-state index is 0.0605. The third-order valence-corrected chi connectivity index (χ3v) is 3.92. The summed E-state index contributed by atoms with van der Waals surface area (Å²) < 4.78 is 5.42. The van der Waals surface area contributed by atoms with Gasteiger partial charge in [-0.2, -0.15) is 0 Å². The van der Waals surface area contributed by atoms with Gasteiger partial charge in [0, 0.05) is 18.1 Å². The first-order valence-corrected chi connectivity index (χ1v) is 7.60. The van der Waals surface area contributed by atoms with E-state index in [1.54, 1.807) is 0 Å². The van der Waals surface area contributed by atoms with Crippen LogP contribution in [0.15, 0.2) is 24.3 Å². The van der Waals surface area contributed by atoms with Crippen molar-refractivity contribution in [2.24, 2.45) is 5.92 Å². The lowest BCUT2D eigenvalue weighted by Crippen LogP contribution is -2.28. The van der Waals surface area contributed by atoms with Crippen molar-refractivity contribution in [3.05, 3.63) is 35.4 Å². The van der Waals surface area contributed by atoms with E-state index >= 15 is 0 Å². The fourth-order valence-corrected chi connectivity index (χ4v) is 2.75. The zero-order valence-electron chi connectivity index (χ0n) is 12.2. The van der Waals surface area contributed by atoms with Crippen LogP contribution in [0.25, 0.3) is 0 Å². The van der Waals surface area contributed by atoms with E-state index in [9.17, 15) is 9.90 Å². The van der Waals surface area contributed by atoms with Gasteiger partial charge in [0.1, 0.15) is 0 Å². The van der Waals surface area contributed by atoms with Crippen LogP contribution in [0.1, 0.15) is 48.5 Å². The molecule has 1 aliphatic carbocycles. The number of aliphatic hydroxyl groups is 1. The van der Waals surface area contributed by atoms with Gasteiger partial charge in [0.15, 0.2) is 5.78 Å². The SMILES string of the molecule is CCCCOCC(O)CC1CCc2ccccc2C1=O. The van der Waals surface area contributed by atoms with Crippen molar-refractivity contribution in [1.82, 2.24) is 0 Å². The lowest BCUT2D eigenvalue weighted by Gasteiger charge is -2.25. The van der Waals surface area contributed by atoms with Gasteiger partial charge in [0.25, 0.3) is 0 Å². The molecule has 3 heteroatoms. The highest BCUT2D eigenvalue weighted by Gasteiger charge is 2.28. The van der Waals surface area contributed by atoms with Crippen LogP contribution >= 0.6 is 0 Å².